The van der Waals surface area contributed by atoms with E-state index in [1.165, 1.54) is 6.07 Å². The van der Waals surface area contributed by atoms with Gasteiger partial charge in [0.05, 0.1) is 16.0 Å². The summed E-state index contributed by atoms with van der Waals surface area (Å²) in [5.41, 5.74) is 0.583. The minimum atomic E-state index is -3.64. The number of carbonyl (C=O) groups is 1. The van der Waals surface area contributed by atoms with Gasteiger partial charge in [0.15, 0.2) is 0 Å². The molecule has 1 rings (SSSR count). The molecule has 0 aliphatic carbocycles. The van der Waals surface area contributed by atoms with Crippen molar-refractivity contribution >= 4 is 21.7 Å². The molecule has 0 unspecified atom stereocenters. The molecule has 0 heterocycles. The summed E-state index contributed by atoms with van der Waals surface area (Å²) in [6.07, 6.45) is 0. The van der Waals surface area contributed by atoms with Crippen molar-refractivity contribution in [2.75, 3.05) is 4.72 Å². The maximum atomic E-state index is 12.0. The van der Waals surface area contributed by atoms with Crippen LogP contribution in [0.25, 0.3) is 0 Å². The van der Waals surface area contributed by atoms with Gasteiger partial charge in [0.25, 0.3) is 0 Å². The maximum Gasteiger partial charge on any atom is 0.338 e. The van der Waals surface area contributed by atoms with E-state index in [0.717, 1.165) is 0 Å². The van der Waals surface area contributed by atoms with E-state index in [1.54, 1.807) is 39.8 Å². The number of carboxylic acid groups (broad SMARTS) is 1. The second-order valence-electron chi connectivity index (χ2n) is 5.02. The minimum Gasteiger partial charge on any atom is -0.478 e. The number of rotatable bonds is 3. The molecule has 1 aromatic carbocycles. The first-order chi connectivity index (χ1) is 8.06. The largest absolute Gasteiger partial charge is 0.478 e. The van der Waals surface area contributed by atoms with Gasteiger partial charge in [-0.05, 0) is 39.3 Å². The average molecular weight is 271 g/mol. The Labute approximate surface area is 107 Å². The highest BCUT2D eigenvalue weighted by Crippen LogP contribution is 2.24. The topological polar surface area (TPSA) is 83.5 Å². The number of hydrogen-bond acceptors (Lipinski definition) is 3. The second kappa shape index (κ2) is 4.61. The zero-order chi connectivity index (χ0) is 14.1. The van der Waals surface area contributed by atoms with Gasteiger partial charge < -0.3 is 5.11 Å². The van der Waals surface area contributed by atoms with Crippen molar-refractivity contribution in [3.63, 3.8) is 0 Å². The zero-order valence-corrected chi connectivity index (χ0v) is 11.6. The SMILES string of the molecule is Cc1cccc(NS(=O)(=O)C(C)(C)C)c1C(=O)O. The van der Waals surface area contributed by atoms with Gasteiger partial charge >= 0.3 is 5.97 Å². The van der Waals surface area contributed by atoms with Crippen LogP contribution in [0.2, 0.25) is 0 Å². The number of nitrogens with one attached hydrogen (secondary N) is 1. The van der Waals surface area contributed by atoms with Crippen molar-refractivity contribution < 1.29 is 18.3 Å². The van der Waals surface area contributed by atoms with Crippen LogP contribution in [-0.2, 0) is 10.0 Å². The van der Waals surface area contributed by atoms with E-state index in [1.807, 2.05) is 0 Å². The van der Waals surface area contributed by atoms with E-state index in [2.05, 4.69) is 4.72 Å². The number of carboxylic acids is 1. The smallest absolute Gasteiger partial charge is 0.338 e. The van der Waals surface area contributed by atoms with Crippen molar-refractivity contribution in [1.82, 2.24) is 0 Å². The molecule has 0 aliphatic rings. The summed E-state index contributed by atoms with van der Waals surface area (Å²) < 4.78 is 25.3. The average Bonchev–Trinajstić information content (AvgIpc) is 2.14. The van der Waals surface area contributed by atoms with Gasteiger partial charge in [0, 0.05) is 0 Å². The van der Waals surface area contributed by atoms with E-state index in [-0.39, 0.29) is 11.3 Å². The third kappa shape index (κ3) is 2.81. The number of sulfonamides is 1. The van der Waals surface area contributed by atoms with Crippen molar-refractivity contribution in [1.29, 1.82) is 0 Å². The van der Waals surface area contributed by atoms with Gasteiger partial charge in [0.2, 0.25) is 10.0 Å². The highest BCUT2D eigenvalue weighted by molar-refractivity contribution is 7.94. The molecule has 6 heteroatoms. The van der Waals surface area contributed by atoms with E-state index in [4.69, 9.17) is 5.11 Å². The summed E-state index contributed by atoms with van der Waals surface area (Å²) in [5, 5.41) is 9.11. The third-order valence-corrected chi connectivity index (χ3v) is 4.64. The minimum absolute atomic E-state index is 0.0228. The molecular formula is C12H17NO4S. The molecule has 0 amide bonds. The van der Waals surface area contributed by atoms with Gasteiger partial charge in [-0.1, -0.05) is 12.1 Å². The summed E-state index contributed by atoms with van der Waals surface area (Å²) in [7, 11) is -3.64. The number of aromatic carboxylic acids is 1. The summed E-state index contributed by atoms with van der Waals surface area (Å²) in [4.78, 5) is 11.1. The Morgan fingerprint density at radius 2 is 1.83 bits per heavy atom. The lowest BCUT2D eigenvalue weighted by molar-refractivity contribution is 0.0697. The summed E-state index contributed by atoms with van der Waals surface area (Å²) in [5.74, 6) is -1.15. The molecule has 0 saturated carbocycles. The van der Waals surface area contributed by atoms with Crippen LogP contribution in [0.5, 0.6) is 0 Å². The highest BCUT2D eigenvalue weighted by atomic mass is 32.2. The van der Waals surface area contributed by atoms with E-state index in [0.29, 0.717) is 5.56 Å². The van der Waals surface area contributed by atoms with Gasteiger partial charge in [-0.2, -0.15) is 0 Å². The molecule has 100 valence electrons. The quantitative estimate of drug-likeness (QED) is 0.883. The Morgan fingerprint density at radius 3 is 2.28 bits per heavy atom. The lowest BCUT2D eigenvalue weighted by atomic mass is 10.1. The van der Waals surface area contributed by atoms with Crippen molar-refractivity contribution in [3.8, 4) is 0 Å². The number of aryl methyl sites for hydroxylation is 1. The molecular weight excluding hydrogens is 254 g/mol. The van der Waals surface area contributed by atoms with Crippen LogP contribution in [0.4, 0.5) is 5.69 Å². The van der Waals surface area contributed by atoms with Crippen LogP contribution in [-0.4, -0.2) is 24.2 Å². The molecule has 1 aromatic rings. The maximum absolute atomic E-state index is 12.0. The van der Waals surface area contributed by atoms with Crippen LogP contribution < -0.4 is 4.72 Å². The van der Waals surface area contributed by atoms with E-state index in [9.17, 15) is 13.2 Å². The number of hydrogen-bond donors (Lipinski definition) is 2. The lowest BCUT2D eigenvalue weighted by Crippen LogP contribution is -2.34. The van der Waals surface area contributed by atoms with Gasteiger partial charge in [-0.3, -0.25) is 4.72 Å². The summed E-state index contributed by atoms with van der Waals surface area (Å²) in [6, 6.07) is 4.68. The lowest BCUT2D eigenvalue weighted by Gasteiger charge is -2.21. The van der Waals surface area contributed by atoms with E-state index >= 15 is 0 Å². The summed E-state index contributed by atoms with van der Waals surface area (Å²) >= 11 is 0. The Bertz CT molecular complexity index is 570. The number of anilines is 1. The fourth-order valence-electron chi connectivity index (χ4n) is 1.33. The fraction of sp³-hybridized carbons (Fsp3) is 0.417. The van der Waals surface area contributed by atoms with E-state index < -0.39 is 20.7 Å². The van der Waals surface area contributed by atoms with Crippen molar-refractivity contribution in [2.24, 2.45) is 0 Å². The van der Waals surface area contributed by atoms with Crippen LogP contribution in [0, 0.1) is 6.92 Å². The third-order valence-electron chi connectivity index (χ3n) is 2.54. The first-order valence-corrected chi connectivity index (χ1v) is 6.90. The van der Waals surface area contributed by atoms with Crippen LogP contribution >= 0.6 is 0 Å². The normalized spacial score (nSPS) is 12.2. The van der Waals surface area contributed by atoms with Gasteiger partial charge in [-0.25, -0.2) is 13.2 Å². The predicted molar refractivity (Wildman–Crippen MR) is 70.4 cm³/mol. The first kappa shape index (κ1) is 14.5. The molecule has 0 radical (unpaired) electrons. The molecule has 18 heavy (non-hydrogen) atoms. The van der Waals surface area contributed by atoms with Crippen molar-refractivity contribution in [2.45, 2.75) is 32.4 Å². The predicted octanol–water partition coefficient (Wildman–Crippen LogP) is 2.23. The Balaban J connectivity index is 3.30. The molecule has 0 bridgehead atoms. The Kier molecular flexibility index (Phi) is 3.71. The van der Waals surface area contributed by atoms with Crippen LogP contribution in [0.3, 0.4) is 0 Å². The Hall–Kier alpha value is -1.56. The van der Waals surface area contributed by atoms with Gasteiger partial charge in [-0.15, -0.1) is 0 Å². The molecule has 0 aliphatic heterocycles. The molecule has 0 saturated heterocycles. The molecule has 0 aromatic heterocycles. The first-order valence-electron chi connectivity index (χ1n) is 5.41. The molecule has 5 nitrogen and oxygen atoms in total. The van der Waals surface area contributed by atoms with Crippen LogP contribution in [0.1, 0.15) is 36.7 Å². The van der Waals surface area contributed by atoms with Crippen molar-refractivity contribution in [3.05, 3.63) is 29.3 Å². The second-order valence-corrected chi connectivity index (χ2v) is 7.46. The number of benzene rings is 1. The van der Waals surface area contributed by atoms with Gasteiger partial charge in [0.1, 0.15) is 0 Å². The van der Waals surface area contributed by atoms with Crippen LogP contribution in [0.15, 0.2) is 18.2 Å². The zero-order valence-electron chi connectivity index (χ0n) is 10.8. The molecule has 0 spiro atoms. The highest BCUT2D eigenvalue weighted by Gasteiger charge is 2.30. The Morgan fingerprint density at radius 1 is 1.28 bits per heavy atom. The fourth-order valence-corrected chi connectivity index (χ4v) is 2.10. The summed E-state index contributed by atoms with van der Waals surface area (Å²) in [6.45, 7) is 6.26. The monoisotopic (exact) mass is 271 g/mol. The molecule has 0 atom stereocenters. The molecule has 0 fully saturated rings. The molecule has 2 N–H and O–H groups in total. The standard InChI is InChI=1S/C12H17NO4S/c1-8-6-5-7-9(10(8)11(14)15)13-18(16,17)12(2,3)4/h5-7,13H,1-4H3,(H,14,15).